The third kappa shape index (κ3) is 4.15. The Morgan fingerprint density at radius 2 is 1.86 bits per heavy atom. The highest BCUT2D eigenvalue weighted by Crippen LogP contribution is 2.23. The molecule has 0 fully saturated rings. The van der Waals surface area contributed by atoms with Gasteiger partial charge in [0.2, 0.25) is 0 Å². The van der Waals surface area contributed by atoms with E-state index in [1.165, 1.54) is 5.56 Å². The van der Waals surface area contributed by atoms with Crippen molar-refractivity contribution >= 4 is 5.91 Å². The molecule has 2 aromatic rings. The van der Waals surface area contributed by atoms with Gasteiger partial charge < -0.3 is 5.32 Å². The van der Waals surface area contributed by atoms with Gasteiger partial charge in [0, 0.05) is 24.4 Å². The second-order valence-electron chi connectivity index (χ2n) is 5.66. The Bertz CT molecular complexity index is 576. The molecule has 1 heterocycles. The first-order valence-corrected chi connectivity index (χ1v) is 7.33. The summed E-state index contributed by atoms with van der Waals surface area (Å²) in [6.45, 7) is 6.90. The Balaban J connectivity index is 2.02. The highest BCUT2D eigenvalue weighted by Gasteiger charge is 2.17. The number of nitrogens with one attached hydrogen (secondary N) is 1. The minimum Gasteiger partial charge on any atom is -0.351 e. The summed E-state index contributed by atoms with van der Waals surface area (Å²) in [5, 5.41) is 3.02. The summed E-state index contributed by atoms with van der Waals surface area (Å²) in [4.78, 5) is 16.3. The molecule has 21 heavy (non-hydrogen) atoms. The molecular weight excluding hydrogens is 260 g/mol. The van der Waals surface area contributed by atoms with E-state index in [2.05, 4.69) is 36.3 Å². The average Bonchev–Trinajstić information content (AvgIpc) is 2.48. The van der Waals surface area contributed by atoms with Crippen LogP contribution in [0, 0.1) is 12.8 Å². The monoisotopic (exact) mass is 282 g/mol. The molecule has 2 rings (SSSR count). The normalized spacial score (nSPS) is 12.2. The Kier molecular flexibility index (Phi) is 5.09. The van der Waals surface area contributed by atoms with Crippen molar-refractivity contribution in [2.24, 2.45) is 5.92 Å². The number of nitrogens with zero attached hydrogens (tertiary/aromatic N) is 1. The van der Waals surface area contributed by atoms with Crippen LogP contribution in [0.15, 0.2) is 48.7 Å². The van der Waals surface area contributed by atoms with Gasteiger partial charge in [0.15, 0.2) is 0 Å². The zero-order chi connectivity index (χ0) is 15.2. The van der Waals surface area contributed by atoms with Crippen LogP contribution >= 0.6 is 0 Å². The lowest BCUT2D eigenvalue weighted by atomic mass is 9.88. The van der Waals surface area contributed by atoms with Crippen molar-refractivity contribution in [1.29, 1.82) is 0 Å². The van der Waals surface area contributed by atoms with Gasteiger partial charge in [-0.3, -0.25) is 9.78 Å². The molecule has 0 spiro atoms. The zero-order valence-corrected chi connectivity index (χ0v) is 12.8. The molecule has 0 saturated carbocycles. The molecule has 1 unspecified atom stereocenters. The maximum absolute atomic E-state index is 12.2. The van der Waals surface area contributed by atoms with E-state index in [0.29, 0.717) is 23.9 Å². The van der Waals surface area contributed by atoms with Crippen LogP contribution in [0.2, 0.25) is 0 Å². The summed E-state index contributed by atoms with van der Waals surface area (Å²) in [5.74, 6) is 0.710. The van der Waals surface area contributed by atoms with Gasteiger partial charge in [-0.1, -0.05) is 44.2 Å². The van der Waals surface area contributed by atoms with E-state index >= 15 is 0 Å². The lowest BCUT2D eigenvalue weighted by Gasteiger charge is -2.21. The molecule has 0 aliphatic rings. The van der Waals surface area contributed by atoms with E-state index in [1.54, 1.807) is 6.20 Å². The number of carbonyl (C=O) groups is 1. The second-order valence-corrected chi connectivity index (χ2v) is 5.66. The molecule has 1 atom stereocenters. The first-order chi connectivity index (χ1) is 10.1. The van der Waals surface area contributed by atoms with Crippen molar-refractivity contribution in [2.75, 3.05) is 6.54 Å². The topological polar surface area (TPSA) is 42.0 Å². The van der Waals surface area contributed by atoms with Crippen molar-refractivity contribution in [1.82, 2.24) is 10.3 Å². The lowest BCUT2D eigenvalue weighted by molar-refractivity contribution is 0.0948. The standard InChI is InChI=1S/C18H22N2O/c1-13(2)17(15-7-5-4-6-8-15)12-20-18(21)16-10-9-14(3)19-11-16/h4-11,13,17H,12H2,1-3H3,(H,20,21). The SMILES string of the molecule is Cc1ccc(C(=O)NCC(c2ccccc2)C(C)C)cn1. The number of hydrogen-bond donors (Lipinski definition) is 1. The number of benzene rings is 1. The van der Waals surface area contributed by atoms with Gasteiger partial charge in [0.1, 0.15) is 0 Å². The maximum Gasteiger partial charge on any atom is 0.252 e. The van der Waals surface area contributed by atoms with Gasteiger partial charge >= 0.3 is 0 Å². The number of aromatic nitrogens is 1. The van der Waals surface area contributed by atoms with Crippen LogP contribution in [0.5, 0.6) is 0 Å². The average molecular weight is 282 g/mol. The molecule has 0 aliphatic heterocycles. The molecule has 0 radical (unpaired) electrons. The zero-order valence-electron chi connectivity index (χ0n) is 12.8. The molecule has 3 nitrogen and oxygen atoms in total. The van der Waals surface area contributed by atoms with Crippen LogP contribution in [0.25, 0.3) is 0 Å². The van der Waals surface area contributed by atoms with E-state index in [9.17, 15) is 4.79 Å². The molecule has 0 aliphatic carbocycles. The van der Waals surface area contributed by atoms with Gasteiger partial charge in [0.25, 0.3) is 5.91 Å². The largest absolute Gasteiger partial charge is 0.351 e. The van der Waals surface area contributed by atoms with Crippen molar-refractivity contribution in [3.8, 4) is 0 Å². The third-order valence-corrected chi connectivity index (χ3v) is 3.69. The summed E-state index contributed by atoms with van der Waals surface area (Å²) < 4.78 is 0. The van der Waals surface area contributed by atoms with Crippen molar-refractivity contribution in [3.63, 3.8) is 0 Å². The third-order valence-electron chi connectivity index (χ3n) is 3.69. The van der Waals surface area contributed by atoms with Crippen LogP contribution in [-0.2, 0) is 0 Å². The summed E-state index contributed by atoms with van der Waals surface area (Å²) in [5.41, 5.74) is 2.78. The van der Waals surface area contributed by atoms with Crippen LogP contribution in [0.3, 0.4) is 0 Å². The van der Waals surface area contributed by atoms with Crippen molar-refractivity contribution < 1.29 is 4.79 Å². The van der Waals surface area contributed by atoms with Gasteiger partial charge in [-0.05, 0) is 30.5 Å². The summed E-state index contributed by atoms with van der Waals surface area (Å²) in [7, 11) is 0. The Labute approximate surface area is 126 Å². The van der Waals surface area contributed by atoms with Gasteiger partial charge in [-0.2, -0.15) is 0 Å². The summed E-state index contributed by atoms with van der Waals surface area (Å²) in [6, 6.07) is 14.0. The minimum absolute atomic E-state index is 0.0657. The van der Waals surface area contributed by atoms with E-state index in [4.69, 9.17) is 0 Å². The van der Waals surface area contributed by atoms with Crippen LogP contribution < -0.4 is 5.32 Å². The minimum atomic E-state index is -0.0657. The van der Waals surface area contributed by atoms with Crippen molar-refractivity contribution in [3.05, 3.63) is 65.5 Å². The molecule has 0 bridgehead atoms. The van der Waals surface area contributed by atoms with E-state index in [1.807, 2.05) is 37.3 Å². The predicted molar refractivity (Wildman–Crippen MR) is 85.3 cm³/mol. The van der Waals surface area contributed by atoms with Gasteiger partial charge in [0.05, 0.1) is 5.56 Å². The van der Waals surface area contributed by atoms with E-state index < -0.39 is 0 Å². The summed E-state index contributed by atoms with van der Waals surface area (Å²) in [6.07, 6.45) is 1.62. The maximum atomic E-state index is 12.2. The molecule has 3 heteroatoms. The Morgan fingerprint density at radius 3 is 2.43 bits per heavy atom. The van der Waals surface area contributed by atoms with Gasteiger partial charge in [-0.15, -0.1) is 0 Å². The first-order valence-electron chi connectivity index (χ1n) is 7.33. The number of hydrogen-bond acceptors (Lipinski definition) is 2. The second kappa shape index (κ2) is 7.02. The number of rotatable bonds is 5. The molecule has 0 saturated heterocycles. The summed E-state index contributed by atoms with van der Waals surface area (Å²) >= 11 is 0. The Morgan fingerprint density at radius 1 is 1.14 bits per heavy atom. The smallest absolute Gasteiger partial charge is 0.252 e. The number of amides is 1. The number of aryl methyl sites for hydroxylation is 1. The fraction of sp³-hybridized carbons (Fsp3) is 0.333. The fourth-order valence-corrected chi connectivity index (χ4v) is 2.35. The number of carbonyl (C=O) groups excluding carboxylic acids is 1. The van der Waals surface area contributed by atoms with E-state index in [0.717, 1.165) is 5.69 Å². The highest BCUT2D eigenvalue weighted by atomic mass is 16.1. The lowest BCUT2D eigenvalue weighted by Crippen LogP contribution is -2.30. The Hall–Kier alpha value is -2.16. The number of pyridine rings is 1. The van der Waals surface area contributed by atoms with E-state index in [-0.39, 0.29) is 5.91 Å². The fourth-order valence-electron chi connectivity index (χ4n) is 2.35. The first kappa shape index (κ1) is 15.2. The van der Waals surface area contributed by atoms with Gasteiger partial charge in [-0.25, -0.2) is 0 Å². The molecule has 1 amide bonds. The van der Waals surface area contributed by atoms with Crippen LogP contribution in [0.1, 0.15) is 41.4 Å². The van der Waals surface area contributed by atoms with Crippen molar-refractivity contribution in [2.45, 2.75) is 26.7 Å². The highest BCUT2D eigenvalue weighted by molar-refractivity contribution is 5.93. The molecule has 110 valence electrons. The molecular formula is C18H22N2O. The molecule has 1 N–H and O–H groups in total. The van der Waals surface area contributed by atoms with Crippen LogP contribution in [-0.4, -0.2) is 17.4 Å². The quantitative estimate of drug-likeness (QED) is 0.911. The van der Waals surface area contributed by atoms with Crippen LogP contribution in [0.4, 0.5) is 0 Å². The molecule has 1 aromatic heterocycles. The predicted octanol–water partition coefficient (Wildman–Crippen LogP) is 3.56. The molecule has 1 aromatic carbocycles.